The summed E-state index contributed by atoms with van der Waals surface area (Å²) in [5.74, 6) is 2.10. The van der Waals surface area contributed by atoms with Gasteiger partial charge in [-0.05, 0) is 23.6 Å². The second kappa shape index (κ2) is 9.16. The predicted molar refractivity (Wildman–Crippen MR) is 104 cm³/mol. The number of hydrogen-bond acceptors (Lipinski definition) is 5. The van der Waals surface area contributed by atoms with Crippen LogP contribution in [0.2, 0.25) is 0 Å². The molecule has 0 aliphatic heterocycles. The second-order valence-electron chi connectivity index (χ2n) is 6.38. The summed E-state index contributed by atoms with van der Waals surface area (Å²) >= 11 is 0. The van der Waals surface area contributed by atoms with Gasteiger partial charge in [0.05, 0.1) is 40.0 Å². The van der Waals surface area contributed by atoms with Crippen molar-refractivity contribution in [3.05, 3.63) is 47.5 Å². The molecule has 0 saturated carbocycles. The molecule has 0 unspecified atom stereocenters. The van der Waals surface area contributed by atoms with Crippen molar-refractivity contribution in [3.8, 4) is 23.0 Å². The fraction of sp³-hybridized carbons (Fsp3) is 0.381. The summed E-state index contributed by atoms with van der Waals surface area (Å²) in [6.07, 6.45) is 0. The zero-order chi connectivity index (χ0) is 20.0. The van der Waals surface area contributed by atoms with Gasteiger partial charge in [0.15, 0.2) is 11.5 Å². The predicted octanol–water partition coefficient (Wildman–Crippen LogP) is 3.85. The number of rotatable bonds is 8. The molecule has 2 aromatic rings. The molecule has 0 spiro atoms. The number of amides is 1. The van der Waals surface area contributed by atoms with Crippen LogP contribution in [0.1, 0.15) is 35.8 Å². The summed E-state index contributed by atoms with van der Waals surface area (Å²) in [5, 5.41) is 3.09. The van der Waals surface area contributed by atoms with Gasteiger partial charge in [0.1, 0.15) is 11.5 Å². The number of carbonyl (C=O) groups excluding carboxylic acids is 1. The molecule has 6 heteroatoms. The van der Waals surface area contributed by atoms with Gasteiger partial charge in [-0.15, -0.1) is 0 Å². The van der Waals surface area contributed by atoms with Gasteiger partial charge in [-0.25, -0.2) is 0 Å². The Bertz CT molecular complexity index is 771. The highest BCUT2D eigenvalue weighted by atomic mass is 16.5. The topological polar surface area (TPSA) is 66.0 Å². The molecule has 0 radical (unpaired) electrons. The highest BCUT2D eigenvalue weighted by molar-refractivity contribution is 5.98. The van der Waals surface area contributed by atoms with Crippen LogP contribution in [0.3, 0.4) is 0 Å². The third-order valence-corrected chi connectivity index (χ3v) is 4.38. The van der Waals surface area contributed by atoms with E-state index in [0.717, 1.165) is 11.3 Å². The Balaban J connectivity index is 2.34. The first-order valence-corrected chi connectivity index (χ1v) is 8.70. The maximum absolute atomic E-state index is 13.0. The number of methoxy groups -OCH3 is 4. The Morgan fingerprint density at radius 2 is 1.37 bits per heavy atom. The van der Waals surface area contributed by atoms with Crippen LogP contribution in [0, 0.1) is 5.92 Å². The van der Waals surface area contributed by atoms with E-state index in [0.29, 0.717) is 22.8 Å². The molecule has 0 heterocycles. The van der Waals surface area contributed by atoms with Gasteiger partial charge in [-0.2, -0.15) is 0 Å². The summed E-state index contributed by atoms with van der Waals surface area (Å²) in [6.45, 7) is 4.11. The molecule has 146 valence electrons. The van der Waals surface area contributed by atoms with Crippen molar-refractivity contribution in [2.75, 3.05) is 28.4 Å². The fourth-order valence-electron chi connectivity index (χ4n) is 2.87. The normalized spacial score (nSPS) is 11.7. The van der Waals surface area contributed by atoms with Crippen LogP contribution in [0.4, 0.5) is 0 Å². The maximum Gasteiger partial charge on any atom is 0.255 e. The van der Waals surface area contributed by atoms with Crippen molar-refractivity contribution in [2.45, 2.75) is 19.9 Å². The van der Waals surface area contributed by atoms with Crippen LogP contribution in [0.25, 0.3) is 0 Å². The summed E-state index contributed by atoms with van der Waals surface area (Å²) in [4.78, 5) is 13.0. The van der Waals surface area contributed by atoms with Crippen LogP contribution >= 0.6 is 0 Å². The molecule has 6 nitrogen and oxygen atoms in total. The number of carbonyl (C=O) groups is 1. The number of hydrogen-bond donors (Lipinski definition) is 1. The average Bonchev–Trinajstić information content (AvgIpc) is 2.70. The van der Waals surface area contributed by atoms with E-state index in [1.807, 2.05) is 24.3 Å². The molecule has 0 aliphatic carbocycles. The van der Waals surface area contributed by atoms with Gasteiger partial charge in [-0.3, -0.25) is 4.79 Å². The van der Waals surface area contributed by atoms with E-state index in [2.05, 4.69) is 19.2 Å². The molecule has 0 aromatic heterocycles. The standard InChI is InChI=1S/C21H27NO5/c1-13(2)20(14-7-9-15(24-3)10-8-14)22-21(23)16-11-18(26-5)19(27-6)12-17(16)25-4/h7-13,20H,1-6H3,(H,22,23)/t20-/m0/s1. The fourth-order valence-corrected chi connectivity index (χ4v) is 2.87. The highest BCUT2D eigenvalue weighted by Gasteiger charge is 2.23. The van der Waals surface area contributed by atoms with Gasteiger partial charge in [0.2, 0.25) is 0 Å². The first-order chi connectivity index (χ1) is 12.9. The van der Waals surface area contributed by atoms with Gasteiger partial charge >= 0.3 is 0 Å². The second-order valence-corrected chi connectivity index (χ2v) is 6.38. The zero-order valence-corrected chi connectivity index (χ0v) is 16.7. The van der Waals surface area contributed by atoms with Crippen molar-refractivity contribution in [2.24, 2.45) is 5.92 Å². The molecular formula is C21H27NO5. The van der Waals surface area contributed by atoms with Crippen LogP contribution in [-0.2, 0) is 0 Å². The summed E-state index contributed by atoms with van der Waals surface area (Å²) in [5.41, 5.74) is 1.38. The van der Waals surface area contributed by atoms with Gasteiger partial charge in [-0.1, -0.05) is 26.0 Å². The lowest BCUT2D eigenvalue weighted by molar-refractivity contribution is 0.0922. The van der Waals surface area contributed by atoms with Crippen molar-refractivity contribution >= 4 is 5.91 Å². The van der Waals surface area contributed by atoms with Crippen LogP contribution < -0.4 is 24.3 Å². The molecule has 1 amide bonds. The Morgan fingerprint density at radius 3 is 1.85 bits per heavy atom. The molecule has 0 saturated heterocycles. The lowest BCUT2D eigenvalue weighted by atomic mass is 9.95. The zero-order valence-electron chi connectivity index (χ0n) is 16.7. The van der Waals surface area contributed by atoms with Crippen LogP contribution in [0.15, 0.2) is 36.4 Å². The lowest BCUT2D eigenvalue weighted by Crippen LogP contribution is -2.32. The molecule has 0 bridgehead atoms. The molecule has 27 heavy (non-hydrogen) atoms. The van der Waals surface area contributed by atoms with E-state index in [9.17, 15) is 4.79 Å². The van der Waals surface area contributed by atoms with Crippen molar-refractivity contribution in [1.29, 1.82) is 0 Å². The summed E-state index contributed by atoms with van der Waals surface area (Å²) < 4.78 is 21.2. The van der Waals surface area contributed by atoms with Crippen LogP contribution in [-0.4, -0.2) is 34.3 Å². The quantitative estimate of drug-likeness (QED) is 0.761. The SMILES string of the molecule is COc1ccc([C@@H](NC(=O)c2cc(OC)c(OC)cc2OC)C(C)C)cc1. The molecule has 1 atom stereocenters. The molecule has 2 aromatic carbocycles. The Kier molecular flexibility index (Phi) is 6.93. The van der Waals surface area contributed by atoms with E-state index < -0.39 is 0 Å². The third kappa shape index (κ3) is 4.64. The molecule has 2 rings (SSSR count). The summed E-state index contributed by atoms with van der Waals surface area (Å²) in [6, 6.07) is 10.8. The monoisotopic (exact) mass is 373 g/mol. The third-order valence-electron chi connectivity index (χ3n) is 4.38. The van der Waals surface area contributed by atoms with Crippen molar-refractivity contribution < 1.29 is 23.7 Å². The lowest BCUT2D eigenvalue weighted by Gasteiger charge is -2.24. The van der Waals surface area contributed by atoms with Gasteiger partial charge in [0.25, 0.3) is 5.91 Å². The Labute approximate surface area is 160 Å². The number of nitrogens with one attached hydrogen (secondary N) is 1. The van der Waals surface area contributed by atoms with E-state index >= 15 is 0 Å². The van der Waals surface area contributed by atoms with E-state index in [-0.39, 0.29) is 17.9 Å². The first-order valence-electron chi connectivity index (χ1n) is 8.70. The van der Waals surface area contributed by atoms with E-state index in [1.54, 1.807) is 19.2 Å². The Hall–Kier alpha value is -2.89. The minimum Gasteiger partial charge on any atom is -0.497 e. The minimum atomic E-state index is -0.248. The average molecular weight is 373 g/mol. The number of ether oxygens (including phenoxy) is 4. The molecule has 0 fully saturated rings. The van der Waals surface area contributed by atoms with Gasteiger partial charge < -0.3 is 24.3 Å². The number of benzene rings is 2. The van der Waals surface area contributed by atoms with E-state index in [1.165, 1.54) is 21.3 Å². The highest BCUT2D eigenvalue weighted by Crippen LogP contribution is 2.35. The molecule has 1 N–H and O–H groups in total. The van der Waals surface area contributed by atoms with Crippen LogP contribution in [0.5, 0.6) is 23.0 Å². The summed E-state index contributed by atoms with van der Waals surface area (Å²) in [7, 11) is 6.21. The Morgan fingerprint density at radius 1 is 0.815 bits per heavy atom. The first kappa shape index (κ1) is 20.4. The molecular weight excluding hydrogens is 346 g/mol. The van der Waals surface area contributed by atoms with Crippen molar-refractivity contribution in [3.63, 3.8) is 0 Å². The molecule has 0 aliphatic rings. The minimum absolute atomic E-state index is 0.166. The van der Waals surface area contributed by atoms with E-state index in [4.69, 9.17) is 18.9 Å². The smallest absolute Gasteiger partial charge is 0.255 e. The van der Waals surface area contributed by atoms with Gasteiger partial charge in [0, 0.05) is 12.1 Å². The largest absolute Gasteiger partial charge is 0.497 e. The van der Waals surface area contributed by atoms with Crippen molar-refractivity contribution in [1.82, 2.24) is 5.32 Å². The maximum atomic E-state index is 13.0.